The molecule has 2 unspecified atom stereocenters. The quantitative estimate of drug-likeness (QED) is 0.868. The number of halogens is 1. The SMILES string of the molecule is CCN(c1ccccc1F)C1CNCCC1C. The number of para-hydroxylation sites is 1. The minimum atomic E-state index is -0.118. The van der Waals surface area contributed by atoms with E-state index in [9.17, 15) is 4.39 Å². The van der Waals surface area contributed by atoms with Gasteiger partial charge in [-0.05, 0) is 37.9 Å². The number of nitrogens with one attached hydrogen (secondary N) is 1. The summed E-state index contributed by atoms with van der Waals surface area (Å²) in [6.45, 7) is 7.22. The topological polar surface area (TPSA) is 15.3 Å². The van der Waals surface area contributed by atoms with E-state index in [0.717, 1.165) is 31.7 Å². The fraction of sp³-hybridized carbons (Fsp3) is 0.571. The van der Waals surface area contributed by atoms with E-state index in [4.69, 9.17) is 0 Å². The summed E-state index contributed by atoms with van der Waals surface area (Å²) in [5.41, 5.74) is 0.732. The molecule has 0 bridgehead atoms. The van der Waals surface area contributed by atoms with Crippen LogP contribution in [-0.2, 0) is 0 Å². The largest absolute Gasteiger partial charge is 0.365 e. The summed E-state index contributed by atoms with van der Waals surface area (Å²) in [7, 11) is 0. The van der Waals surface area contributed by atoms with Crippen molar-refractivity contribution in [2.75, 3.05) is 24.5 Å². The summed E-state index contributed by atoms with van der Waals surface area (Å²) < 4.78 is 13.8. The number of likely N-dealkylation sites (N-methyl/N-ethyl adjacent to an activating group) is 1. The van der Waals surface area contributed by atoms with E-state index in [-0.39, 0.29) is 5.82 Å². The molecule has 1 fully saturated rings. The highest BCUT2D eigenvalue weighted by Gasteiger charge is 2.27. The highest BCUT2D eigenvalue weighted by Crippen LogP contribution is 2.26. The summed E-state index contributed by atoms with van der Waals surface area (Å²) in [5.74, 6) is 0.489. The van der Waals surface area contributed by atoms with Gasteiger partial charge < -0.3 is 10.2 Å². The molecule has 1 heterocycles. The van der Waals surface area contributed by atoms with Crippen molar-refractivity contribution in [3.05, 3.63) is 30.1 Å². The van der Waals surface area contributed by atoms with Gasteiger partial charge in [-0.1, -0.05) is 19.1 Å². The van der Waals surface area contributed by atoms with Crippen LogP contribution in [0.15, 0.2) is 24.3 Å². The molecule has 94 valence electrons. The zero-order valence-corrected chi connectivity index (χ0v) is 10.6. The molecule has 3 heteroatoms. The van der Waals surface area contributed by atoms with Crippen LogP contribution >= 0.6 is 0 Å². The van der Waals surface area contributed by atoms with E-state index in [2.05, 4.69) is 24.1 Å². The third kappa shape index (κ3) is 2.60. The van der Waals surface area contributed by atoms with Crippen LogP contribution in [-0.4, -0.2) is 25.7 Å². The first-order valence-electron chi connectivity index (χ1n) is 6.46. The Morgan fingerprint density at radius 1 is 1.41 bits per heavy atom. The molecule has 0 radical (unpaired) electrons. The van der Waals surface area contributed by atoms with Crippen LogP contribution in [0.25, 0.3) is 0 Å². The van der Waals surface area contributed by atoms with Gasteiger partial charge >= 0.3 is 0 Å². The van der Waals surface area contributed by atoms with Crippen molar-refractivity contribution in [1.29, 1.82) is 0 Å². The number of rotatable bonds is 3. The second kappa shape index (κ2) is 5.50. The van der Waals surface area contributed by atoms with Gasteiger partial charge in [0.25, 0.3) is 0 Å². The molecule has 0 spiro atoms. The summed E-state index contributed by atoms with van der Waals surface area (Å²) in [6, 6.07) is 7.46. The Morgan fingerprint density at radius 2 is 2.18 bits per heavy atom. The van der Waals surface area contributed by atoms with Gasteiger partial charge in [0.1, 0.15) is 5.82 Å². The van der Waals surface area contributed by atoms with Crippen LogP contribution in [0.3, 0.4) is 0 Å². The molecule has 17 heavy (non-hydrogen) atoms. The molecule has 2 nitrogen and oxygen atoms in total. The Hall–Kier alpha value is -1.09. The first-order valence-corrected chi connectivity index (χ1v) is 6.46. The predicted octanol–water partition coefficient (Wildman–Crippen LogP) is 2.65. The standard InChI is InChI=1S/C14H21FN2/c1-3-17(13-7-5-4-6-12(13)15)14-10-16-9-8-11(14)2/h4-7,11,14,16H,3,8-10H2,1-2H3. The molecular formula is C14H21FN2. The molecule has 1 aromatic rings. The molecular weight excluding hydrogens is 215 g/mol. The Bertz CT molecular complexity index is 367. The average molecular weight is 236 g/mol. The van der Waals surface area contributed by atoms with Crippen LogP contribution in [0.4, 0.5) is 10.1 Å². The molecule has 0 amide bonds. The third-order valence-corrected chi connectivity index (χ3v) is 3.69. The smallest absolute Gasteiger partial charge is 0.146 e. The van der Waals surface area contributed by atoms with Gasteiger partial charge in [0, 0.05) is 19.1 Å². The first kappa shape index (κ1) is 12.4. The van der Waals surface area contributed by atoms with Crippen molar-refractivity contribution >= 4 is 5.69 Å². The van der Waals surface area contributed by atoms with Crippen molar-refractivity contribution in [2.45, 2.75) is 26.3 Å². The monoisotopic (exact) mass is 236 g/mol. The second-order valence-corrected chi connectivity index (χ2v) is 4.77. The molecule has 0 aromatic heterocycles. The van der Waals surface area contributed by atoms with Gasteiger partial charge in [-0.3, -0.25) is 0 Å². The molecule has 1 N–H and O–H groups in total. The molecule has 1 saturated heterocycles. The fourth-order valence-electron chi connectivity index (χ4n) is 2.66. The van der Waals surface area contributed by atoms with E-state index in [0.29, 0.717) is 12.0 Å². The lowest BCUT2D eigenvalue weighted by atomic mass is 9.93. The summed E-state index contributed by atoms with van der Waals surface area (Å²) in [5, 5.41) is 3.41. The number of piperidine rings is 1. The van der Waals surface area contributed by atoms with Crippen molar-refractivity contribution in [3.8, 4) is 0 Å². The Morgan fingerprint density at radius 3 is 2.82 bits per heavy atom. The maximum Gasteiger partial charge on any atom is 0.146 e. The highest BCUT2D eigenvalue weighted by atomic mass is 19.1. The maximum absolute atomic E-state index is 13.8. The molecule has 2 rings (SSSR count). The van der Waals surface area contributed by atoms with Crippen LogP contribution in [0.2, 0.25) is 0 Å². The third-order valence-electron chi connectivity index (χ3n) is 3.69. The van der Waals surface area contributed by atoms with Gasteiger partial charge in [0.15, 0.2) is 0 Å². The van der Waals surface area contributed by atoms with Crippen molar-refractivity contribution in [1.82, 2.24) is 5.32 Å². The van der Waals surface area contributed by atoms with E-state index in [1.54, 1.807) is 12.1 Å². The van der Waals surface area contributed by atoms with E-state index < -0.39 is 0 Å². The number of benzene rings is 1. The van der Waals surface area contributed by atoms with Crippen LogP contribution < -0.4 is 10.2 Å². The zero-order chi connectivity index (χ0) is 12.3. The number of hydrogen-bond donors (Lipinski definition) is 1. The normalized spacial score (nSPS) is 24.6. The number of hydrogen-bond acceptors (Lipinski definition) is 2. The second-order valence-electron chi connectivity index (χ2n) is 4.77. The minimum Gasteiger partial charge on any atom is -0.365 e. The van der Waals surface area contributed by atoms with Crippen LogP contribution in [0, 0.1) is 11.7 Å². The van der Waals surface area contributed by atoms with Crippen molar-refractivity contribution < 1.29 is 4.39 Å². The lowest BCUT2D eigenvalue weighted by Crippen LogP contribution is -2.50. The highest BCUT2D eigenvalue weighted by molar-refractivity contribution is 5.48. The van der Waals surface area contributed by atoms with E-state index >= 15 is 0 Å². The fourth-order valence-corrected chi connectivity index (χ4v) is 2.66. The number of nitrogens with zero attached hydrogens (tertiary/aromatic N) is 1. The molecule has 2 atom stereocenters. The number of anilines is 1. The van der Waals surface area contributed by atoms with Crippen LogP contribution in [0.1, 0.15) is 20.3 Å². The van der Waals surface area contributed by atoms with Gasteiger partial charge in [0.05, 0.1) is 5.69 Å². The Balaban J connectivity index is 2.23. The Labute approximate surface area is 103 Å². The molecule has 0 saturated carbocycles. The summed E-state index contributed by atoms with van der Waals surface area (Å²) in [6.07, 6.45) is 1.16. The van der Waals surface area contributed by atoms with E-state index in [1.165, 1.54) is 0 Å². The molecule has 1 aliphatic heterocycles. The van der Waals surface area contributed by atoms with Crippen LogP contribution in [0.5, 0.6) is 0 Å². The van der Waals surface area contributed by atoms with E-state index in [1.807, 2.05) is 12.1 Å². The predicted molar refractivity (Wildman–Crippen MR) is 69.9 cm³/mol. The molecule has 1 aliphatic rings. The summed E-state index contributed by atoms with van der Waals surface area (Å²) >= 11 is 0. The minimum absolute atomic E-state index is 0.118. The molecule has 0 aliphatic carbocycles. The lowest BCUT2D eigenvalue weighted by molar-refractivity contribution is 0.330. The summed E-state index contributed by atoms with van der Waals surface area (Å²) in [4.78, 5) is 2.19. The zero-order valence-electron chi connectivity index (χ0n) is 10.6. The Kier molecular flexibility index (Phi) is 4.00. The van der Waals surface area contributed by atoms with Gasteiger partial charge in [-0.25, -0.2) is 4.39 Å². The van der Waals surface area contributed by atoms with Gasteiger partial charge in [-0.15, -0.1) is 0 Å². The maximum atomic E-state index is 13.8. The van der Waals surface area contributed by atoms with Crippen molar-refractivity contribution in [3.63, 3.8) is 0 Å². The van der Waals surface area contributed by atoms with Gasteiger partial charge in [0.2, 0.25) is 0 Å². The lowest BCUT2D eigenvalue weighted by Gasteiger charge is -2.40. The van der Waals surface area contributed by atoms with Crippen molar-refractivity contribution in [2.24, 2.45) is 5.92 Å². The average Bonchev–Trinajstić information content (AvgIpc) is 2.34. The first-order chi connectivity index (χ1) is 8.24. The molecule has 1 aromatic carbocycles. The van der Waals surface area contributed by atoms with Gasteiger partial charge in [-0.2, -0.15) is 0 Å².